The molecule has 1 aromatic rings. The molecule has 0 radical (unpaired) electrons. The van der Waals surface area contributed by atoms with E-state index in [1.165, 1.54) is 24.1 Å². The van der Waals surface area contributed by atoms with Crippen LogP contribution in [0.1, 0.15) is 82.0 Å². The predicted octanol–water partition coefficient (Wildman–Crippen LogP) is 8.33. The Labute approximate surface area is 320 Å². The normalized spacial score (nSPS) is 22.9. The molecule has 4 rings (SSSR count). The van der Waals surface area contributed by atoms with E-state index in [0.29, 0.717) is 56.6 Å². The van der Waals surface area contributed by atoms with Gasteiger partial charge in [0.05, 0.1) is 28.8 Å². The van der Waals surface area contributed by atoms with Crippen LogP contribution in [0.2, 0.25) is 0 Å². The first-order chi connectivity index (χ1) is 25.9. The van der Waals surface area contributed by atoms with Gasteiger partial charge in [0.2, 0.25) is 0 Å². The third-order valence-electron chi connectivity index (χ3n) is 10.3. The fraction of sp³-hybridized carbons (Fsp3) is 0.622. The minimum Gasteiger partial charge on any atom is -0.493 e. The Hall–Kier alpha value is -3.90. The van der Waals surface area contributed by atoms with Gasteiger partial charge < -0.3 is 25.0 Å². The first-order valence-electron chi connectivity index (χ1n) is 18.2. The zero-order valence-electron chi connectivity index (χ0n) is 31.4. The molecule has 2 aliphatic carbocycles. The molecule has 1 heterocycles. The van der Waals surface area contributed by atoms with E-state index in [-0.39, 0.29) is 54.0 Å². The summed E-state index contributed by atoms with van der Waals surface area (Å²) >= 11 is 0. The van der Waals surface area contributed by atoms with Crippen molar-refractivity contribution in [3.63, 3.8) is 0 Å². The number of alkyl halides is 9. The number of carboxylic acids is 1. The molecule has 0 amide bonds. The van der Waals surface area contributed by atoms with Gasteiger partial charge in [0.15, 0.2) is 15.8 Å². The molecule has 19 heteroatoms. The number of carbonyl (C=O) groups is 1. The van der Waals surface area contributed by atoms with Crippen LogP contribution >= 0.6 is 0 Å². The van der Waals surface area contributed by atoms with E-state index < -0.39 is 82.0 Å². The van der Waals surface area contributed by atoms with Gasteiger partial charge in [0.25, 0.3) is 0 Å². The monoisotopic (exact) mass is 830 g/mol. The van der Waals surface area contributed by atoms with Crippen molar-refractivity contribution in [1.82, 2.24) is 15.1 Å². The maximum atomic E-state index is 14.3. The molecule has 1 unspecified atom stereocenters. The van der Waals surface area contributed by atoms with Crippen LogP contribution in [0.25, 0.3) is 0 Å². The second kappa shape index (κ2) is 17.7. The first kappa shape index (κ1) is 44.8. The van der Waals surface area contributed by atoms with Crippen molar-refractivity contribution in [1.29, 1.82) is 0 Å². The second-order valence-electron chi connectivity index (χ2n) is 14.6. The Morgan fingerprint density at radius 2 is 1.59 bits per heavy atom. The van der Waals surface area contributed by atoms with Crippen molar-refractivity contribution >= 4 is 21.8 Å². The maximum Gasteiger partial charge on any atom is 0.416 e. The van der Waals surface area contributed by atoms with Gasteiger partial charge in [0.1, 0.15) is 18.4 Å². The number of halogens is 9. The van der Waals surface area contributed by atoms with Gasteiger partial charge in [-0.3, -0.25) is 4.79 Å². The highest BCUT2D eigenvalue weighted by Gasteiger charge is 2.42. The number of ether oxygens (including phenoxy) is 1. The number of nitrogens with one attached hydrogen (secondary N) is 1. The SMILES string of the molecule is CCN(CC1CCC(CC(=O)O)CC1)C1=CC[C@H](C(F)(F)F)C=C1CN(C1=NC(C)C(OCCS(C)(=O)=O)=CN1)[C@@H](C)c1cc(C(F)(F)F)cc(C(F)(F)F)c1. The summed E-state index contributed by atoms with van der Waals surface area (Å²) in [6.45, 7) is 4.83. The van der Waals surface area contributed by atoms with Crippen molar-refractivity contribution < 1.29 is 62.6 Å². The van der Waals surface area contributed by atoms with Crippen LogP contribution in [0.3, 0.4) is 0 Å². The predicted molar refractivity (Wildman–Crippen MR) is 191 cm³/mol. The Kier molecular flexibility index (Phi) is 14.2. The Morgan fingerprint density at radius 1 is 1.00 bits per heavy atom. The number of aliphatic imine (C=N–C) groups is 1. The molecular weight excluding hydrogens is 783 g/mol. The molecule has 1 aromatic carbocycles. The van der Waals surface area contributed by atoms with Crippen molar-refractivity contribution in [2.45, 2.75) is 89.9 Å². The van der Waals surface area contributed by atoms with Gasteiger partial charge >= 0.3 is 24.5 Å². The number of hydrogen-bond donors (Lipinski definition) is 2. The quantitative estimate of drug-likeness (QED) is 0.180. The first-order valence-corrected chi connectivity index (χ1v) is 20.3. The Bertz CT molecular complexity index is 1770. The fourth-order valence-corrected chi connectivity index (χ4v) is 7.57. The van der Waals surface area contributed by atoms with Crippen molar-refractivity contribution in [3.8, 4) is 0 Å². The van der Waals surface area contributed by atoms with Gasteiger partial charge in [-0.2, -0.15) is 39.5 Å². The largest absolute Gasteiger partial charge is 0.493 e. The van der Waals surface area contributed by atoms with Gasteiger partial charge in [0, 0.05) is 44.2 Å². The zero-order valence-corrected chi connectivity index (χ0v) is 32.2. The van der Waals surface area contributed by atoms with Gasteiger partial charge in [-0.15, -0.1) is 0 Å². The molecule has 0 aromatic heterocycles. The van der Waals surface area contributed by atoms with Crippen LogP contribution in [0.5, 0.6) is 0 Å². The molecule has 56 heavy (non-hydrogen) atoms. The molecule has 1 aliphatic heterocycles. The molecule has 0 spiro atoms. The number of likely N-dealkylation sites (N-methyl/N-ethyl adjacent to an activating group) is 1. The lowest BCUT2D eigenvalue weighted by molar-refractivity contribution is -0.160. The average molecular weight is 831 g/mol. The number of carboxylic acid groups (broad SMARTS) is 1. The van der Waals surface area contributed by atoms with E-state index in [4.69, 9.17) is 4.74 Å². The molecule has 1 saturated carbocycles. The van der Waals surface area contributed by atoms with Gasteiger partial charge in [-0.05, 0) is 94.0 Å². The van der Waals surface area contributed by atoms with E-state index in [2.05, 4.69) is 10.3 Å². The van der Waals surface area contributed by atoms with Crippen LogP contribution in [0.15, 0.2) is 58.6 Å². The van der Waals surface area contributed by atoms with Crippen LogP contribution in [-0.4, -0.2) is 85.7 Å². The lowest BCUT2D eigenvalue weighted by atomic mass is 9.80. The maximum absolute atomic E-state index is 14.3. The van der Waals surface area contributed by atoms with Crippen molar-refractivity contribution in [2.75, 3.05) is 38.2 Å². The van der Waals surface area contributed by atoms with E-state index in [1.807, 2.05) is 11.8 Å². The summed E-state index contributed by atoms with van der Waals surface area (Å²) in [6, 6.07) is -1.04. The molecular formula is C37H47F9N4O5S. The number of rotatable bonds is 14. The third kappa shape index (κ3) is 12.3. The lowest BCUT2D eigenvalue weighted by Crippen LogP contribution is -2.46. The van der Waals surface area contributed by atoms with E-state index >= 15 is 0 Å². The highest BCUT2D eigenvalue weighted by molar-refractivity contribution is 7.90. The average Bonchev–Trinajstić information content (AvgIpc) is 3.08. The molecule has 0 saturated heterocycles. The number of sulfone groups is 1. The minimum absolute atomic E-state index is 0.00539. The Morgan fingerprint density at radius 3 is 2.09 bits per heavy atom. The van der Waals surface area contributed by atoms with Gasteiger partial charge in [-0.25, -0.2) is 13.4 Å². The highest BCUT2D eigenvalue weighted by atomic mass is 32.2. The summed E-state index contributed by atoms with van der Waals surface area (Å²) in [5.74, 6) is -2.93. The molecule has 314 valence electrons. The van der Waals surface area contributed by atoms with Crippen molar-refractivity contribution in [3.05, 3.63) is 70.3 Å². The van der Waals surface area contributed by atoms with E-state index in [9.17, 15) is 57.8 Å². The standard InChI is InChI=1S/C37H47F9N4O5S/c1-5-49(20-25-8-6-24(7-9-25)14-33(51)52)31-11-10-28(35(38,39)40)17-27(31)21-50(34-47-19-32(22(2)48-34)55-12-13-56(4,53)54)23(3)26-15-29(36(41,42)43)18-30(16-26)37(44,45)46/h11,15-19,22-25,28H,5-10,12-14,20-21H2,1-4H3,(H,47,48)(H,51,52)/t22?,23-,24?,25?,28-/m0/s1. The lowest BCUT2D eigenvalue weighted by Gasteiger charge is -2.40. The fourth-order valence-electron chi connectivity index (χ4n) is 7.18. The Balaban J connectivity index is 1.75. The number of guanidine groups is 1. The van der Waals surface area contributed by atoms with E-state index in [0.717, 1.165) is 12.3 Å². The number of allylic oxidation sites excluding steroid dienone is 2. The van der Waals surface area contributed by atoms with Gasteiger partial charge in [-0.1, -0.05) is 12.2 Å². The summed E-state index contributed by atoms with van der Waals surface area (Å²) in [4.78, 5) is 19.0. The van der Waals surface area contributed by atoms with Crippen molar-refractivity contribution in [2.24, 2.45) is 22.7 Å². The molecule has 2 N–H and O–H groups in total. The molecule has 1 fully saturated rings. The molecule has 3 aliphatic rings. The number of benzene rings is 1. The number of nitrogens with zero attached hydrogens (tertiary/aromatic N) is 3. The molecule has 0 bridgehead atoms. The smallest absolute Gasteiger partial charge is 0.416 e. The van der Waals surface area contributed by atoms with Crippen LogP contribution < -0.4 is 5.32 Å². The van der Waals surface area contributed by atoms with Crippen LogP contribution in [-0.2, 0) is 31.7 Å². The summed E-state index contributed by atoms with van der Waals surface area (Å²) < 4.78 is 155. The number of aliphatic carboxylic acids is 1. The molecule has 3 atom stereocenters. The summed E-state index contributed by atoms with van der Waals surface area (Å²) in [5.41, 5.74) is -2.99. The number of hydrogen-bond acceptors (Lipinski definition) is 8. The molecule has 9 nitrogen and oxygen atoms in total. The van der Waals surface area contributed by atoms with E-state index in [1.54, 1.807) is 6.92 Å². The van der Waals surface area contributed by atoms with Crippen LogP contribution in [0.4, 0.5) is 39.5 Å². The summed E-state index contributed by atoms with van der Waals surface area (Å²) in [5, 5.41) is 12.0. The highest BCUT2D eigenvalue weighted by Crippen LogP contribution is 2.41. The summed E-state index contributed by atoms with van der Waals surface area (Å²) in [6.07, 6.45) is -7.77. The van der Waals surface area contributed by atoms with Crippen LogP contribution in [0, 0.1) is 17.8 Å². The summed E-state index contributed by atoms with van der Waals surface area (Å²) in [7, 11) is -3.39. The second-order valence-corrected chi connectivity index (χ2v) is 16.9. The zero-order chi connectivity index (χ0) is 41.8. The third-order valence-corrected chi connectivity index (χ3v) is 11.2. The minimum atomic E-state index is -5.16. The topological polar surface area (TPSA) is 112 Å².